The number of carboxylic acid groups (broad SMARTS) is 1. The van der Waals surface area contributed by atoms with E-state index in [0.717, 1.165) is 40.6 Å². The zero-order valence-corrected chi connectivity index (χ0v) is 19.6. The Morgan fingerprint density at radius 3 is 2.56 bits per heavy atom. The molecule has 3 aromatic rings. The van der Waals surface area contributed by atoms with Crippen molar-refractivity contribution in [1.29, 1.82) is 0 Å². The second-order valence-corrected chi connectivity index (χ2v) is 8.99. The summed E-state index contributed by atoms with van der Waals surface area (Å²) < 4.78 is 25.3. The highest BCUT2D eigenvalue weighted by Crippen LogP contribution is 2.34. The monoisotopic (exact) mass is 463 g/mol. The summed E-state index contributed by atoms with van der Waals surface area (Å²) in [5, 5.41) is 9.17. The van der Waals surface area contributed by atoms with E-state index >= 15 is 0 Å². The number of carbonyl (C=O) groups is 1. The van der Waals surface area contributed by atoms with Crippen LogP contribution < -0.4 is 9.47 Å². The van der Waals surface area contributed by atoms with Crippen molar-refractivity contribution in [3.8, 4) is 22.8 Å². The number of rotatable bonds is 6. The molecule has 0 amide bonds. The lowest BCUT2D eigenvalue weighted by Gasteiger charge is -2.26. The molecule has 2 heterocycles. The Kier molecular flexibility index (Phi) is 7.46. The topological polar surface area (TPSA) is 68.7 Å². The molecule has 1 N–H and O–H groups in total. The molecule has 0 radical (unpaired) electrons. The van der Waals surface area contributed by atoms with Crippen LogP contribution >= 0.6 is 0 Å². The molecule has 0 spiro atoms. The van der Waals surface area contributed by atoms with Crippen molar-refractivity contribution in [1.82, 2.24) is 4.98 Å². The molecule has 2 aliphatic rings. The van der Waals surface area contributed by atoms with Crippen molar-refractivity contribution >= 4 is 5.97 Å². The molecule has 178 valence electrons. The number of aromatic nitrogens is 1. The number of pyridine rings is 1. The molecule has 2 atom stereocenters. The van der Waals surface area contributed by atoms with Gasteiger partial charge in [0.2, 0.25) is 5.88 Å². The van der Waals surface area contributed by atoms with Crippen molar-refractivity contribution in [2.75, 3.05) is 13.7 Å². The van der Waals surface area contributed by atoms with E-state index in [1.165, 1.54) is 26.4 Å². The van der Waals surface area contributed by atoms with Gasteiger partial charge in [0.05, 0.1) is 25.8 Å². The van der Waals surface area contributed by atoms with Crippen LogP contribution in [0.3, 0.4) is 0 Å². The first kappa shape index (κ1) is 23.7. The van der Waals surface area contributed by atoms with E-state index in [2.05, 4.69) is 4.98 Å². The molecule has 1 saturated carbocycles. The van der Waals surface area contributed by atoms with Crippen molar-refractivity contribution < 1.29 is 23.8 Å². The summed E-state index contributed by atoms with van der Waals surface area (Å²) >= 11 is 0. The number of nitrogens with zero attached hydrogens (tertiary/aromatic N) is 1. The minimum Gasteiger partial charge on any atom is -0.493 e. The summed E-state index contributed by atoms with van der Waals surface area (Å²) in [7, 11) is 1.50. The normalized spacial score (nSPS) is 16.9. The fourth-order valence-electron chi connectivity index (χ4n) is 3.92. The molecule has 1 aromatic heterocycles. The Labute approximate surface area is 199 Å². The third-order valence-electron chi connectivity index (χ3n) is 6.08. The first-order valence-corrected chi connectivity index (χ1v) is 11.7. The largest absolute Gasteiger partial charge is 0.493 e. The Morgan fingerprint density at radius 2 is 1.91 bits per heavy atom. The van der Waals surface area contributed by atoms with Crippen LogP contribution in [-0.4, -0.2) is 29.8 Å². The summed E-state index contributed by atoms with van der Waals surface area (Å²) in [4.78, 5) is 15.0. The smallest absolute Gasteiger partial charge is 0.306 e. The van der Waals surface area contributed by atoms with Gasteiger partial charge in [0.15, 0.2) is 0 Å². The first-order chi connectivity index (χ1) is 16.4. The second-order valence-electron chi connectivity index (χ2n) is 8.99. The van der Waals surface area contributed by atoms with E-state index in [9.17, 15) is 9.18 Å². The minimum absolute atomic E-state index is 0.172. The number of hydrogen-bond acceptors (Lipinski definition) is 4. The second kappa shape index (κ2) is 10.7. The molecule has 0 bridgehead atoms. The SMILES string of the molecule is C1CC1.COc1cc(-c2ccc(C3COc4ccc(CC(C)C(=O)O)cc4C3)cc2)c(F)cn1. The third kappa shape index (κ3) is 5.93. The lowest BCUT2D eigenvalue weighted by Crippen LogP contribution is -2.19. The van der Waals surface area contributed by atoms with Crippen LogP contribution in [0.25, 0.3) is 11.1 Å². The number of ether oxygens (including phenoxy) is 2. The number of hydrogen-bond donors (Lipinski definition) is 1. The van der Waals surface area contributed by atoms with Gasteiger partial charge in [-0.2, -0.15) is 0 Å². The summed E-state index contributed by atoms with van der Waals surface area (Å²) in [6, 6.07) is 15.3. The molecule has 0 saturated heterocycles. The maximum Gasteiger partial charge on any atom is 0.306 e. The molecule has 5 nitrogen and oxygen atoms in total. The van der Waals surface area contributed by atoms with Gasteiger partial charge in [0.1, 0.15) is 11.6 Å². The van der Waals surface area contributed by atoms with Crippen molar-refractivity contribution in [2.45, 2.75) is 44.9 Å². The summed E-state index contributed by atoms with van der Waals surface area (Å²) in [5.74, 6) is -0.234. The summed E-state index contributed by atoms with van der Waals surface area (Å²) in [5.41, 5.74) is 4.39. The lowest BCUT2D eigenvalue weighted by atomic mass is 9.88. The Morgan fingerprint density at radius 1 is 1.18 bits per heavy atom. The molecule has 1 aliphatic heterocycles. The minimum atomic E-state index is -0.796. The van der Waals surface area contributed by atoms with E-state index in [1.807, 2.05) is 42.5 Å². The molecular formula is C28H30FNO4. The van der Waals surface area contributed by atoms with Gasteiger partial charge in [-0.1, -0.05) is 62.6 Å². The summed E-state index contributed by atoms with van der Waals surface area (Å²) in [6.45, 7) is 2.28. The maximum atomic E-state index is 14.2. The van der Waals surface area contributed by atoms with Crippen molar-refractivity contribution in [2.24, 2.45) is 5.92 Å². The van der Waals surface area contributed by atoms with E-state index < -0.39 is 17.7 Å². The summed E-state index contributed by atoms with van der Waals surface area (Å²) in [6.07, 6.45) is 6.96. The van der Waals surface area contributed by atoms with Gasteiger partial charge in [-0.25, -0.2) is 9.37 Å². The average Bonchev–Trinajstić information content (AvgIpc) is 3.74. The van der Waals surface area contributed by atoms with Crippen LogP contribution in [-0.2, 0) is 17.6 Å². The van der Waals surface area contributed by atoms with Crippen LogP contribution in [0.5, 0.6) is 11.6 Å². The van der Waals surface area contributed by atoms with E-state index in [0.29, 0.717) is 24.5 Å². The molecule has 34 heavy (non-hydrogen) atoms. The van der Waals surface area contributed by atoms with E-state index in [4.69, 9.17) is 14.6 Å². The molecular weight excluding hydrogens is 433 g/mol. The molecule has 2 unspecified atom stereocenters. The Bertz CT molecular complexity index is 1140. The van der Waals surface area contributed by atoms with Gasteiger partial charge >= 0.3 is 5.97 Å². The highest BCUT2D eigenvalue weighted by molar-refractivity contribution is 5.70. The fourth-order valence-corrected chi connectivity index (χ4v) is 3.92. The lowest BCUT2D eigenvalue weighted by molar-refractivity contribution is -0.141. The fraction of sp³-hybridized carbons (Fsp3) is 0.357. The standard InChI is InChI=1S/C25H24FNO4.C3H6/c1-15(25(28)29)9-16-3-8-23-19(10-16)11-20(14-31-23)17-4-6-18(7-5-17)21-12-24(30-2)27-13-22(21)26;1-2-3-1/h3-8,10,12-13,15,20H,9,11,14H2,1-2H3,(H,28,29);1-3H2. The van der Waals surface area contributed by atoms with Gasteiger partial charge in [-0.15, -0.1) is 0 Å². The van der Waals surface area contributed by atoms with Crippen LogP contribution in [0, 0.1) is 11.7 Å². The Balaban J connectivity index is 0.000000846. The quantitative estimate of drug-likeness (QED) is 0.482. The molecule has 5 rings (SSSR count). The zero-order chi connectivity index (χ0) is 24.1. The number of benzene rings is 2. The van der Waals surface area contributed by atoms with Gasteiger partial charge in [-0.05, 0) is 41.2 Å². The predicted molar refractivity (Wildman–Crippen MR) is 129 cm³/mol. The average molecular weight is 464 g/mol. The highest BCUT2D eigenvalue weighted by atomic mass is 19.1. The third-order valence-corrected chi connectivity index (χ3v) is 6.08. The van der Waals surface area contributed by atoms with Crippen LogP contribution in [0.2, 0.25) is 0 Å². The number of aliphatic carboxylic acids is 1. The van der Waals surface area contributed by atoms with E-state index in [1.54, 1.807) is 13.0 Å². The van der Waals surface area contributed by atoms with Crippen molar-refractivity contribution in [3.05, 3.63) is 77.2 Å². The molecule has 6 heteroatoms. The van der Waals surface area contributed by atoms with Crippen molar-refractivity contribution in [3.63, 3.8) is 0 Å². The molecule has 1 aliphatic carbocycles. The predicted octanol–water partition coefficient (Wildman–Crippen LogP) is 6.05. The van der Waals surface area contributed by atoms with Crippen LogP contribution in [0.1, 0.15) is 48.8 Å². The number of fused-ring (bicyclic) bond motifs is 1. The molecule has 1 fully saturated rings. The van der Waals surface area contributed by atoms with Crippen LogP contribution in [0.15, 0.2) is 54.7 Å². The first-order valence-electron chi connectivity index (χ1n) is 11.7. The zero-order valence-electron chi connectivity index (χ0n) is 19.6. The van der Waals surface area contributed by atoms with E-state index in [-0.39, 0.29) is 5.92 Å². The van der Waals surface area contributed by atoms with Gasteiger partial charge in [-0.3, -0.25) is 4.79 Å². The number of carboxylic acids is 1. The Hall–Kier alpha value is -3.41. The van der Waals surface area contributed by atoms with Gasteiger partial charge in [0, 0.05) is 17.5 Å². The number of methoxy groups -OCH3 is 1. The van der Waals surface area contributed by atoms with Crippen LogP contribution in [0.4, 0.5) is 4.39 Å². The highest BCUT2D eigenvalue weighted by Gasteiger charge is 2.23. The number of halogens is 1. The van der Waals surface area contributed by atoms with Gasteiger partial charge in [0.25, 0.3) is 0 Å². The van der Waals surface area contributed by atoms with Gasteiger partial charge < -0.3 is 14.6 Å². The maximum absolute atomic E-state index is 14.2. The molecule has 2 aromatic carbocycles.